The number of hydrogen-bond acceptors (Lipinski definition) is 6. The molecule has 2 N–H and O–H groups in total. The van der Waals surface area contributed by atoms with Gasteiger partial charge in [-0.1, -0.05) is 18.2 Å². The predicted octanol–water partition coefficient (Wildman–Crippen LogP) is 1.83. The lowest BCUT2D eigenvalue weighted by atomic mass is 10.3. The Morgan fingerprint density at radius 3 is 2.42 bits per heavy atom. The van der Waals surface area contributed by atoms with Gasteiger partial charge in [0.1, 0.15) is 17.5 Å². The summed E-state index contributed by atoms with van der Waals surface area (Å²) in [6.45, 7) is 0.654. The summed E-state index contributed by atoms with van der Waals surface area (Å²) >= 11 is 0. The monoisotopic (exact) mass is 376 g/mol. The average Bonchev–Trinajstić information content (AvgIpc) is 2.78. The first kappa shape index (κ1) is 18.4. The smallest absolute Gasteiger partial charge is 0.264 e. The van der Waals surface area contributed by atoms with Crippen LogP contribution in [-0.4, -0.2) is 49.5 Å². The van der Waals surface area contributed by atoms with Crippen LogP contribution in [0, 0.1) is 0 Å². The Balaban J connectivity index is 1.72. The molecule has 1 heterocycles. The van der Waals surface area contributed by atoms with E-state index in [0.29, 0.717) is 29.5 Å². The number of benzene rings is 2. The molecule has 0 radical (unpaired) electrons. The van der Waals surface area contributed by atoms with Crippen molar-refractivity contribution in [2.75, 3.05) is 18.8 Å². The first-order valence-electron chi connectivity index (χ1n) is 8.25. The Kier molecular flexibility index (Phi) is 5.55. The molecule has 0 bridgehead atoms. The Bertz CT molecular complexity index is 853. The van der Waals surface area contributed by atoms with Crippen LogP contribution in [0.1, 0.15) is 6.42 Å². The van der Waals surface area contributed by atoms with Gasteiger partial charge in [-0.25, -0.2) is 13.5 Å². The van der Waals surface area contributed by atoms with E-state index in [0.717, 1.165) is 0 Å². The van der Waals surface area contributed by atoms with Crippen molar-refractivity contribution in [2.24, 2.45) is 0 Å². The summed E-state index contributed by atoms with van der Waals surface area (Å²) in [7, 11) is -3.70. The molecule has 8 heteroatoms. The van der Waals surface area contributed by atoms with Gasteiger partial charge in [-0.15, -0.1) is 0 Å². The van der Waals surface area contributed by atoms with E-state index >= 15 is 0 Å². The van der Waals surface area contributed by atoms with Gasteiger partial charge in [0.2, 0.25) is 0 Å². The van der Waals surface area contributed by atoms with Gasteiger partial charge < -0.3 is 10.1 Å². The van der Waals surface area contributed by atoms with Crippen molar-refractivity contribution in [3.63, 3.8) is 0 Å². The topological polar surface area (TPSA) is 95.9 Å². The van der Waals surface area contributed by atoms with Crippen molar-refractivity contribution >= 4 is 15.7 Å². The standard InChI is InChI=1S/C18H20N2O5S/c21-18-17(19-11-4-12-20(18)22)13-26(23,24)16-9-7-15(8-10-16)25-14-5-2-1-3-6-14/h1-3,5-10,17,19,22H,4,11-13H2. The minimum atomic E-state index is -3.70. The normalized spacial score (nSPS) is 18.4. The maximum absolute atomic E-state index is 12.6. The Hall–Kier alpha value is -2.42. The number of amides is 1. The minimum absolute atomic E-state index is 0.0984. The Labute approximate surface area is 152 Å². The van der Waals surface area contributed by atoms with E-state index in [1.807, 2.05) is 18.2 Å². The molecule has 0 aliphatic carbocycles. The van der Waals surface area contributed by atoms with Crippen LogP contribution < -0.4 is 10.1 Å². The molecule has 0 spiro atoms. The number of sulfone groups is 1. The fraction of sp³-hybridized carbons (Fsp3) is 0.278. The first-order chi connectivity index (χ1) is 12.5. The van der Waals surface area contributed by atoms with Crippen LogP contribution in [0.4, 0.5) is 0 Å². The number of nitrogens with one attached hydrogen (secondary N) is 1. The molecule has 1 aliphatic heterocycles. The number of para-hydroxylation sites is 1. The zero-order valence-electron chi connectivity index (χ0n) is 14.0. The van der Waals surface area contributed by atoms with Gasteiger partial charge >= 0.3 is 0 Å². The lowest BCUT2D eigenvalue weighted by molar-refractivity contribution is -0.165. The number of carbonyl (C=O) groups excluding carboxylic acids is 1. The molecule has 1 saturated heterocycles. The molecular formula is C18H20N2O5S. The molecule has 1 atom stereocenters. The summed E-state index contributed by atoms with van der Waals surface area (Å²) in [5.74, 6) is 0.122. The largest absolute Gasteiger partial charge is 0.457 e. The summed E-state index contributed by atoms with van der Waals surface area (Å²) in [6.07, 6.45) is 0.560. The molecule has 3 rings (SSSR count). The maximum atomic E-state index is 12.6. The molecule has 26 heavy (non-hydrogen) atoms. The zero-order valence-corrected chi connectivity index (χ0v) is 14.9. The van der Waals surface area contributed by atoms with Gasteiger partial charge in [-0.2, -0.15) is 0 Å². The molecule has 1 fully saturated rings. The maximum Gasteiger partial charge on any atom is 0.264 e. The quantitative estimate of drug-likeness (QED) is 0.773. The van der Waals surface area contributed by atoms with E-state index in [9.17, 15) is 18.4 Å². The van der Waals surface area contributed by atoms with Gasteiger partial charge in [0.15, 0.2) is 9.84 Å². The summed E-state index contributed by atoms with van der Waals surface area (Å²) in [5, 5.41) is 13.1. The fourth-order valence-corrected chi connectivity index (χ4v) is 4.11. The predicted molar refractivity (Wildman–Crippen MR) is 94.9 cm³/mol. The van der Waals surface area contributed by atoms with E-state index in [-0.39, 0.29) is 11.4 Å². The van der Waals surface area contributed by atoms with Gasteiger partial charge in [0.25, 0.3) is 5.91 Å². The number of rotatable bonds is 5. The molecule has 0 aromatic heterocycles. The second-order valence-electron chi connectivity index (χ2n) is 5.99. The zero-order chi connectivity index (χ0) is 18.6. The highest BCUT2D eigenvalue weighted by Gasteiger charge is 2.31. The van der Waals surface area contributed by atoms with Crippen LogP contribution in [-0.2, 0) is 14.6 Å². The van der Waals surface area contributed by atoms with E-state index in [1.165, 1.54) is 12.1 Å². The molecule has 138 valence electrons. The van der Waals surface area contributed by atoms with Crippen molar-refractivity contribution < 1.29 is 23.2 Å². The van der Waals surface area contributed by atoms with Crippen LogP contribution >= 0.6 is 0 Å². The Morgan fingerprint density at radius 1 is 1.08 bits per heavy atom. The van der Waals surface area contributed by atoms with Crippen molar-refractivity contribution in [3.8, 4) is 11.5 Å². The third-order valence-corrected chi connectivity index (χ3v) is 5.80. The third-order valence-electron chi connectivity index (χ3n) is 4.04. The SMILES string of the molecule is O=C1C(CS(=O)(=O)c2ccc(Oc3ccccc3)cc2)NCCCN1O. The van der Waals surface area contributed by atoms with Crippen molar-refractivity contribution in [3.05, 3.63) is 54.6 Å². The summed E-state index contributed by atoms with van der Waals surface area (Å²) in [6, 6.07) is 14.2. The highest BCUT2D eigenvalue weighted by molar-refractivity contribution is 7.91. The molecule has 0 saturated carbocycles. The van der Waals surface area contributed by atoms with Crippen molar-refractivity contribution in [1.82, 2.24) is 10.4 Å². The molecule has 1 amide bonds. The molecule has 7 nitrogen and oxygen atoms in total. The van der Waals surface area contributed by atoms with Gasteiger partial charge in [-0.3, -0.25) is 10.0 Å². The highest BCUT2D eigenvalue weighted by atomic mass is 32.2. The number of hydrogen-bond donors (Lipinski definition) is 2. The van der Waals surface area contributed by atoms with Crippen LogP contribution in [0.2, 0.25) is 0 Å². The lowest BCUT2D eigenvalue weighted by Crippen LogP contribution is -2.46. The number of ether oxygens (including phenoxy) is 1. The van der Waals surface area contributed by atoms with E-state index in [4.69, 9.17) is 4.74 Å². The second kappa shape index (κ2) is 7.86. The fourth-order valence-electron chi connectivity index (χ4n) is 2.67. The van der Waals surface area contributed by atoms with Crippen molar-refractivity contribution in [2.45, 2.75) is 17.4 Å². The number of nitrogens with zero attached hydrogens (tertiary/aromatic N) is 1. The van der Waals surface area contributed by atoms with Crippen LogP contribution in [0.15, 0.2) is 59.5 Å². The van der Waals surface area contributed by atoms with Crippen LogP contribution in [0.5, 0.6) is 11.5 Å². The molecule has 2 aromatic carbocycles. The van der Waals surface area contributed by atoms with E-state index in [2.05, 4.69) is 5.32 Å². The van der Waals surface area contributed by atoms with Crippen LogP contribution in [0.25, 0.3) is 0 Å². The van der Waals surface area contributed by atoms with Gasteiger partial charge in [0.05, 0.1) is 10.6 Å². The summed E-state index contributed by atoms with van der Waals surface area (Å²) in [4.78, 5) is 12.1. The Morgan fingerprint density at radius 2 is 1.73 bits per heavy atom. The number of carbonyl (C=O) groups is 1. The lowest BCUT2D eigenvalue weighted by Gasteiger charge is -2.18. The van der Waals surface area contributed by atoms with Crippen LogP contribution in [0.3, 0.4) is 0 Å². The van der Waals surface area contributed by atoms with Crippen molar-refractivity contribution in [1.29, 1.82) is 0 Å². The summed E-state index contributed by atoms with van der Waals surface area (Å²) < 4.78 is 30.8. The molecule has 1 unspecified atom stereocenters. The van der Waals surface area contributed by atoms with E-state index < -0.39 is 27.5 Å². The second-order valence-corrected chi connectivity index (χ2v) is 8.02. The molecule has 1 aliphatic rings. The average molecular weight is 376 g/mol. The first-order valence-corrected chi connectivity index (χ1v) is 9.90. The van der Waals surface area contributed by atoms with Gasteiger partial charge in [0, 0.05) is 6.54 Å². The van der Waals surface area contributed by atoms with Gasteiger partial charge in [-0.05, 0) is 49.4 Å². The molecular weight excluding hydrogens is 356 g/mol. The number of hydroxylamine groups is 2. The molecule has 2 aromatic rings. The van der Waals surface area contributed by atoms with E-state index in [1.54, 1.807) is 24.3 Å². The summed E-state index contributed by atoms with van der Waals surface area (Å²) in [5.41, 5.74) is 0. The third kappa shape index (κ3) is 4.40. The highest BCUT2D eigenvalue weighted by Crippen LogP contribution is 2.23. The minimum Gasteiger partial charge on any atom is -0.457 e.